The van der Waals surface area contributed by atoms with Gasteiger partial charge in [0.1, 0.15) is 0 Å². The normalized spacial score (nSPS) is 12.5. The smallest absolute Gasteiger partial charge is 0.335 e. The number of aromatic carboxylic acids is 1. The number of carbonyl (C=O) groups is 1. The van der Waals surface area contributed by atoms with Gasteiger partial charge in [-0.15, -0.1) is 23.2 Å². The maximum Gasteiger partial charge on any atom is 0.335 e. The molecule has 4 heteroatoms. The lowest BCUT2D eigenvalue weighted by Gasteiger charge is -2.17. The van der Waals surface area contributed by atoms with Crippen LogP contribution in [0, 0.1) is 6.92 Å². The van der Waals surface area contributed by atoms with E-state index in [0.29, 0.717) is 17.3 Å². The van der Waals surface area contributed by atoms with Crippen molar-refractivity contribution in [2.24, 2.45) is 0 Å². The van der Waals surface area contributed by atoms with Crippen molar-refractivity contribution in [1.29, 1.82) is 0 Å². The Kier molecular flexibility index (Phi) is 4.63. The minimum absolute atomic E-state index is 0.0101. The van der Waals surface area contributed by atoms with Gasteiger partial charge in [0.2, 0.25) is 0 Å². The van der Waals surface area contributed by atoms with Gasteiger partial charge in [0.15, 0.2) is 0 Å². The fourth-order valence-corrected chi connectivity index (χ4v) is 2.26. The monoisotopic (exact) mass is 260 g/mol. The van der Waals surface area contributed by atoms with E-state index in [0.717, 1.165) is 16.7 Å². The topological polar surface area (TPSA) is 37.3 Å². The average Bonchev–Trinajstić information content (AvgIpc) is 2.27. The predicted octanol–water partition coefficient (Wildman–Crippen LogP) is 3.77. The molecule has 0 spiro atoms. The molecule has 0 bridgehead atoms. The molecule has 88 valence electrons. The molecule has 16 heavy (non-hydrogen) atoms. The number of alkyl halides is 2. The van der Waals surface area contributed by atoms with E-state index in [2.05, 4.69) is 0 Å². The molecule has 1 atom stereocenters. The number of carboxylic acids is 1. The Hall–Kier alpha value is -0.730. The number of hydrogen-bond donors (Lipinski definition) is 1. The number of carboxylic acid groups (broad SMARTS) is 1. The van der Waals surface area contributed by atoms with Crippen LogP contribution >= 0.6 is 23.2 Å². The Morgan fingerprint density at radius 2 is 2.06 bits per heavy atom. The Morgan fingerprint density at radius 1 is 1.44 bits per heavy atom. The first-order chi connectivity index (χ1) is 7.52. The molecule has 0 amide bonds. The maximum absolute atomic E-state index is 11.1. The lowest BCUT2D eigenvalue weighted by molar-refractivity contribution is 0.0695. The molecule has 0 aromatic heterocycles. The minimum Gasteiger partial charge on any atom is -0.478 e. The van der Waals surface area contributed by atoms with Crippen molar-refractivity contribution in [3.05, 3.63) is 34.4 Å². The van der Waals surface area contributed by atoms with Gasteiger partial charge in [-0.25, -0.2) is 4.79 Å². The highest BCUT2D eigenvalue weighted by Gasteiger charge is 2.19. The number of hydrogen-bond acceptors (Lipinski definition) is 1. The van der Waals surface area contributed by atoms with E-state index < -0.39 is 5.97 Å². The summed E-state index contributed by atoms with van der Waals surface area (Å²) in [5.74, 6) is -0.132. The van der Waals surface area contributed by atoms with Gasteiger partial charge in [-0.2, -0.15) is 0 Å². The lowest BCUT2D eigenvalue weighted by atomic mass is 9.90. The van der Waals surface area contributed by atoms with Gasteiger partial charge < -0.3 is 5.11 Å². The summed E-state index contributed by atoms with van der Waals surface area (Å²) in [5.41, 5.74) is 3.00. The maximum atomic E-state index is 11.1. The third-order valence-electron chi connectivity index (χ3n) is 2.73. The van der Waals surface area contributed by atoms with Gasteiger partial charge in [-0.1, -0.05) is 13.0 Å². The van der Waals surface area contributed by atoms with Gasteiger partial charge in [0.25, 0.3) is 0 Å². The Bertz CT molecular complexity index is 402. The fourth-order valence-electron chi connectivity index (χ4n) is 1.82. The summed E-state index contributed by atoms with van der Waals surface area (Å²) in [6, 6.07) is 3.36. The predicted molar refractivity (Wildman–Crippen MR) is 66.8 cm³/mol. The first kappa shape index (κ1) is 13.3. The van der Waals surface area contributed by atoms with E-state index in [-0.39, 0.29) is 5.92 Å². The summed E-state index contributed by atoms with van der Waals surface area (Å²) in [6.45, 7) is 3.81. The Balaban J connectivity index is 3.42. The third-order valence-corrected chi connectivity index (χ3v) is 3.48. The highest BCUT2D eigenvalue weighted by Crippen LogP contribution is 2.28. The van der Waals surface area contributed by atoms with Crippen LogP contribution in [0.5, 0.6) is 0 Å². The van der Waals surface area contributed by atoms with Crippen LogP contribution in [0.4, 0.5) is 0 Å². The van der Waals surface area contributed by atoms with Gasteiger partial charge in [0, 0.05) is 11.8 Å². The quantitative estimate of drug-likeness (QED) is 0.837. The minimum atomic E-state index is -0.920. The van der Waals surface area contributed by atoms with E-state index >= 15 is 0 Å². The summed E-state index contributed by atoms with van der Waals surface area (Å²) >= 11 is 11.6. The largest absolute Gasteiger partial charge is 0.478 e. The number of rotatable bonds is 4. The molecular formula is C12H14Cl2O2. The second-order valence-electron chi connectivity index (χ2n) is 3.81. The van der Waals surface area contributed by atoms with Crippen molar-refractivity contribution >= 4 is 29.2 Å². The molecule has 0 aliphatic carbocycles. The molecule has 0 aliphatic heterocycles. The molecule has 1 rings (SSSR count). The molecule has 0 saturated heterocycles. The number of halogens is 2. The molecule has 0 radical (unpaired) electrons. The van der Waals surface area contributed by atoms with E-state index in [1.54, 1.807) is 12.1 Å². The highest BCUT2D eigenvalue weighted by molar-refractivity contribution is 6.18. The van der Waals surface area contributed by atoms with Crippen LogP contribution in [0.15, 0.2) is 12.1 Å². The molecular weight excluding hydrogens is 247 g/mol. The van der Waals surface area contributed by atoms with Crippen LogP contribution in [0.25, 0.3) is 0 Å². The molecule has 2 nitrogen and oxygen atoms in total. The van der Waals surface area contributed by atoms with Gasteiger partial charge in [-0.3, -0.25) is 0 Å². The Morgan fingerprint density at radius 3 is 2.50 bits per heavy atom. The third kappa shape index (κ3) is 2.50. The van der Waals surface area contributed by atoms with E-state index in [4.69, 9.17) is 28.3 Å². The molecule has 1 unspecified atom stereocenters. The second kappa shape index (κ2) is 5.55. The lowest BCUT2D eigenvalue weighted by Crippen LogP contribution is -2.10. The second-order valence-corrected chi connectivity index (χ2v) is 4.38. The van der Waals surface area contributed by atoms with Crippen molar-refractivity contribution in [3.8, 4) is 0 Å². The zero-order chi connectivity index (χ0) is 12.3. The van der Waals surface area contributed by atoms with Crippen molar-refractivity contribution in [1.82, 2.24) is 0 Å². The summed E-state index contributed by atoms with van der Waals surface area (Å²) < 4.78 is 0. The van der Waals surface area contributed by atoms with Crippen LogP contribution in [0.2, 0.25) is 0 Å². The van der Waals surface area contributed by atoms with E-state index in [1.807, 2.05) is 13.8 Å². The van der Waals surface area contributed by atoms with Crippen LogP contribution in [0.3, 0.4) is 0 Å². The first-order valence-electron chi connectivity index (χ1n) is 5.00. The SMILES string of the molecule is Cc1c(CCl)ccc(C(=O)O)c1C(C)CCl. The number of benzene rings is 1. The summed E-state index contributed by atoms with van der Waals surface area (Å²) in [4.78, 5) is 11.1. The zero-order valence-electron chi connectivity index (χ0n) is 9.26. The van der Waals surface area contributed by atoms with Gasteiger partial charge in [0.05, 0.1) is 5.56 Å². The zero-order valence-corrected chi connectivity index (χ0v) is 10.8. The summed E-state index contributed by atoms with van der Waals surface area (Å²) in [5, 5.41) is 9.12. The van der Waals surface area contributed by atoms with E-state index in [1.165, 1.54) is 0 Å². The molecule has 0 aliphatic rings. The standard InChI is InChI=1S/C12H14Cl2O2/c1-7(5-13)11-8(2)9(6-14)3-4-10(11)12(15)16/h3-4,7H,5-6H2,1-2H3,(H,15,16). The van der Waals surface area contributed by atoms with Crippen LogP contribution in [0.1, 0.15) is 39.9 Å². The van der Waals surface area contributed by atoms with Crippen LogP contribution < -0.4 is 0 Å². The highest BCUT2D eigenvalue weighted by atomic mass is 35.5. The van der Waals surface area contributed by atoms with Crippen molar-refractivity contribution < 1.29 is 9.90 Å². The fraction of sp³-hybridized carbons (Fsp3) is 0.417. The Labute approximate surface area is 105 Å². The van der Waals surface area contributed by atoms with Crippen LogP contribution in [-0.2, 0) is 5.88 Å². The summed E-state index contributed by atoms with van der Waals surface area (Å²) in [6.07, 6.45) is 0. The molecule has 1 aromatic carbocycles. The first-order valence-corrected chi connectivity index (χ1v) is 6.07. The van der Waals surface area contributed by atoms with Crippen molar-refractivity contribution in [2.75, 3.05) is 5.88 Å². The van der Waals surface area contributed by atoms with Crippen molar-refractivity contribution in [3.63, 3.8) is 0 Å². The molecule has 1 N–H and O–H groups in total. The molecule has 1 aromatic rings. The summed E-state index contributed by atoms with van der Waals surface area (Å²) in [7, 11) is 0. The van der Waals surface area contributed by atoms with Gasteiger partial charge >= 0.3 is 5.97 Å². The van der Waals surface area contributed by atoms with Crippen molar-refractivity contribution in [2.45, 2.75) is 25.6 Å². The van der Waals surface area contributed by atoms with E-state index in [9.17, 15) is 4.79 Å². The van der Waals surface area contributed by atoms with Crippen LogP contribution in [-0.4, -0.2) is 17.0 Å². The molecule has 0 heterocycles. The molecule has 0 fully saturated rings. The van der Waals surface area contributed by atoms with Gasteiger partial charge in [-0.05, 0) is 35.6 Å². The average molecular weight is 261 g/mol. The molecule has 0 saturated carbocycles.